The predicted molar refractivity (Wildman–Crippen MR) is 100 cm³/mol. The van der Waals surface area contributed by atoms with Gasteiger partial charge in [0.1, 0.15) is 0 Å². The van der Waals surface area contributed by atoms with Crippen molar-refractivity contribution in [3.63, 3.8) is 0 Å². The van der Waals surface area contributed by atoms with Crippen molar-refractivity contribution in [3.8, 4) is 0 Å². The molecule has 0 aliphatic carbocycles. The molecule has 1 aromatic rings. The van der Waals surface area contributed by atoms with Crippen LogP contribution in [0.2, 0.25) is 0 Å². The van der Waals surface area contributed by atoms with Crippen LogP contribution in [0, 0.1) is 5.41 Å². The van der Waals surface area contributed by atoms with Gasteiger partial charge in [0.15, 0.2) is 0 Å². The first-order valence-electron chi connectivity index (χ1n) is 8.90. The van der Waals surface area contributed by atoms with Crippen molar-refractivity contribution in [2.45, 2.75) is 38.0 Å². The minimum Gasteiger partial charge on any atom is -0.384 e. The van der Waals surface area contributed by atoms with E-state index < -0.39 is 21.4 Å². The van der Waals surface area contributed by atoms with E-state index in [0.29, 0.717) is 31.9 Å². The van der Waals surface area contributed by atoms with E-state index in [-0.39, 0.29) is 17.9 Å². The number of likely N-dealkylation sites (N-methyl/N-ethyl adjacent to an activating group) is 1. The summed E-state index contributed by atoms with van der Waals surface area (Å²) in [5, 5.41) is 2.98. The van der Waals surface area contributed by atoms with Gasteiger partial charge in [-0.15, -0.1) is 0 Å². The number of nitrogens with zero attached hydrogens (tertiary/aromatic N) is 2. The average molecular weight is 390 g/mol. The molecule has 5 nitrogen and oxygen atoms in total. The van der Waals surface area contributed by atoms with E-state index >= 15 is 0 Å². The number of halogens is 2. The number of piperazine rings is 1. The average Bonchev–Trinajstić information content (AvgIpc) is 2.60. The van der Waals surface area contributed by atoms with Gasteiger partial charge < -0.3 is 10.2 Å². The van der Waals surface area contributed by atoms with Crippen LogP contribution in [0.25, 0.3) is 0 Å². The molecule has 26 heavy (non-hydrogen) atoms. The number of sulfonamides is 1. The Morgan fingerprint density at radius 3 is 2.35 bits per heavy atom. The monoisotopic (exact) mass is 389 g/mol. The fraction of sp³-hybridized carbons (Fsp3) is 0.667. The lowest BCUT2D eigenvalue weighted by atomic mass is 9.84. The lowest BCUT2D eigenvalue weighted by molar-refractivity contribution is -0.101. The Hall–Kier alpha value is -1.25. The zero-order valence-corrected chi connectivity index (χ0v) is 16.7. The van der Waals surface area contributed by atoms with E-state index in [1.165, 1.54) is 31.1 Å². The highest BCUT2D eigenvalue weighted by molar-refractivity contribution is 7.89. The first kappa shape index (κ1) is 21.1. The maximum absolute atomic E-state index is 14.0. The molecule has 1 aromatic carbocycles. The fourth-order valence-corrected chi connectivity index (χ4v) is 4.34. The molecule has 0 amide bonds. The maximum atomic E-state index is 14.0. The minimum atomic E-state index is -3.58. The van der Waals surface area contributed by atoms with E-state index in [4.69, 9.17) is 0 Å². The van der Waals surface area contributed by atoms with Crippen LogP contribution in [0.1, 0.15) is 27.2 Å². The van der Waals surface area contributed by atoms with Crippen molar-refractivity contribution < 1.29 is 17.2 Å². The van der Waals surface area contributed by atoms with E-state index in [1.54, 1.807) is 18.2 Å². The summed E-state index contributed by atoms with van der Waals surface area (Å²) in [6.45, 7) is 6.81. The Morgan fingerprint density at radius 1 is 1.15 bits per heavy atom. The molecule has 1 N–H and O–H groups in total. The van der Waals surface area contributed by atoms with Gasteiger partial charge in [0.05, 0.1) is 4.90 Å². The minimum absolute atomic E-state index is 0.0475. The SMILES string of the molecule is CCC(F)(F)C(C)(C)CNc1cccc(S(=O)(=O)N2CCN(C)CC2)c1. The van der Waals surface area contributed by atoms with E-state index in [0.717, 1.165) is 0 Å². The van der Waals surface area contributed by atoms with Gasteiger partial charge in [-0.2, -0.15) is 4.31 Å². The van der Waals surface area contributed by atoms with Gasteiger partial charge in [-0.25, -0.2) is 17.2 Å². The zero-order chi connectivity index (χ0) is 19.6. The smallest absolute Gasteiger partial charge is 0.254 e. The number of alkyl halides is 2. The summed E-state index contributed by atoms with van der Waals surface area (Å²) in [7, 11) is -1.62. The van der Waals surface area contributed by atoms with Gasteiger partial charge in [0.2, 0.25) is 10.0 Å². The highest BCUT2D eigenvalue weighted by Crippen LogP contribution is 2.39. The molecule has 0 atom stereocenters. The summed E-state index contributed by atoms with van der Waals surface area (Å²) in [5.74, 6) is -2.80. The van der Waals surface area contributed by atoms with E-state index in [2.05, 4.69) is 10.2 Å². The molecule has 8 heteroatoms. The summed E-state index contributed by atoms with van der Waals surface area (Å²) in [4.78, 5) is 2.27. The number of anilines is 1. The lowest BCUT2D eigenvalue weighted by Gasteiger charge is -2.34. The predicted octanol–water partition coefficient (Wildman–Crippen LogP) is 3.11. The molecule has 1 aliphatic rings. The van der Waals surface area contributed by atoms with Crippen LogP contribution in [-0.4, -0.2) is 63.3 Å². The third kappa shape index (κ3) is 4.53. The molecule has 1 heterocycles. The second-order valence-corrected chi connectivity index (χ2v) is 9.47. The number of hydrogen-bond acceptors (Lipinski definition) is 4. The molecule has 1 aliphatic heterocycles. The summed E-state index contributed by atoms with van der Waals surface area (Å²) in [5.41, 5.74) is -0.714. The van der Waals surface area contributed by atoms with Crippen LogP contribution >= 0.6 is 0 Å². The summed E-state index contributed by atoms with van der Waals surface area (Å²) in [6, 6.07) is 6.40. The highest BCUT2D eigenvalue weighted by Gasteiger charge is 2.44. The molecule has 0 unspecified atom stereocenters. The second kappa shape index (κ2) is 7.78. The van der Waals surface area contributed by atoms with Gasteiger partial charge >= 0.3 is 0 Å². The first-order valence-corrected chi connectivity index (χ1v) is 10.3. The molecule has 0 spiro atoms. The van der Waals surface area contributed by atoms with Crippen LogP contribution in [0.15, 0.2) is 29.2 Å². The van der Waals surface area contributed by atoms with Gasteiger partial charge in [-0.05, 0) is 25.2 Å². The Morgan fingerprint density at radius 2 is 1.77 bits per heavy atom. The van der Waals surface area contributed by atoms with Crippen LogP contribution in [-0.2, 0) is 10.0 Å². The van der Waals surface area contributed by atoms with Crippen LogP contribution in [0.4, 0.5) is 14.5 Å². The number of nitrogens with one attached hydrogen (secondary N) is 1. The van der Waals surface area contributed by atoms with Crippen molar-refractivity contribution >= 4 is 15.7 Å². The zero-order valence-electron chi connectivity index (χ0n) is 15.9. The van der Waals surface area contributed by atoms with Crippen LogP contribution in [0.5, 0.6) is 0 Å². The van der Waals surface area contributed by atoms with Gasteiger partial charge in [0.25, 0.3) is 5.92 Å². The largest absolute Gasteiger partial charge is 0.384 e. The summed E-state index contributed by atoms with van der Waals surface area (Å²) in [6.07, 6.45) is -0.237. The molecule has 0 aromatic heterocycles. The topological polar surface area (TPSA) is 52.7 Å². The molecule has 0 bridgehead atoms. The van der Waals surface area contributed by atoms with Crippen molar-refractivity contribution in [1.29, 1.82) is 0 Å². The number of benzene rings is 1. The van der Waals surface area contributed by atoms with Gasteiger partial charge in [-0.1, -0.05) is 26.8 Å². The van der Waals surface area contributed by atoms with Crippen molar-refractivity contribution in [2.24, 2.45) is 5.41 Å². The molecular weight excluding hydrogens is 360 g/mol. The quantitative estimate of drug-likeness (QED) is 0.779. The Labute approximate surface area is 155 Å². The van der Waals surface area contributed by atoms with Crippen molar-refractivity contribution in [1.82, 2.24) is 9.21 Å². The summed E-state index contributed by atoms with van der Waals surface area (Å²) < 4.78 is 55.2. The second-order valence-electron chi connectivity index (χ2n) is 7.53. The van der Waals surface area contributed by atoms with Crippen LogP contribution in [0.3, 0.4) is 0 Å². The third-order valence-corrected chi connectivity index (χ3v) is 7.00. The first-order chi connectivity index (χ1) is 12.0. The molecule has 0 saturated carbocycles. The standard InChI is InChI=1S/C18H29F2N3O2S/c1-5-18(19,20)17(2,3)14-21-15-7-6-8-16(13-15)26(24,25)23-11-9-22(4)10-12-23/h6-8,13,21H,5,9-12,14H2,1-4H3. The Balaban J connectivity index is 2.13. The number of rotatable bonds is 7. The highest BCUT2D eigenvalue weighted by atomic mass is 32.2. The molecule has 1 saturated heterocycles. The van der Waals surface area contributed by atoms with Crippen molar-refractivity contribution in [3.05, 3.63) is 24.3 Å². The normalized spacial score (nSPS) is 18.1. The van der Waals surface area contributed by atoms with E-state index in [9.17, 15) is 17.2 Å². The Kier molecular flexibility index (Phi) is 6.30. The van der Waals surface area contributed by atoms with Gasteiger partial charge in [-0.3, -0.25) is 0 Å². The van der Waals surface area contributed by atoms with Crippen molar-refractivity contribution in [2.75, 3.05) is 45.1 Å². The molecule has 2 rings (SSSR count). The number of hydrogen-bond donors (Lipinski definition) is 1. The molecule has 0 radical (unpaired) electrons. The third-order valence-electron chi connectivity index (χ3n) is 5.10. The maximum Gasteiger partial charge on any atom is 0.254 e. The Bertz CT molecular complexity index is 715. The molecule has 1 fully saturated rings. The van der Waals surface area contributed by atoms with Crippen LogP contribution < -0.4 is 5.32 Å². The summed E-state index contributed by atoms with van der Waals surface area (Å²) >= 11 is 0. The fourth-order valence-electron chi connectivity index (χ4n) is 2.87. The molecular formula is C18H29F2N3O2S. The lowest BCUT2D eigenvalue weighted by Crippen LogP contribution is -2.47. The molecule has 148 valence electrons. The van der Waals surface area contributed by atoms with Gasteiger partial charge in [0, 0.05) is 50.2 Å². The van der Waals surface area contributed by atoms with E-state index in [1.807, 2.05) is 7.05 Å².